The van der Waals surface area contributed by atoms with Gasteiger partial charge >= 0.3 is 5.95 Å². The summed E-state index contributed by atoms with van der Waals surface area (Å²) in [6, 6.07) is 7.49. The molecule has 0 saturated heterocycles. The number of aliphatic hydroxyl groups excluding tert-OH is 1. The third-order valence-corrected chi connectivity index (χ3v) is 4.73. The van der Waals surface area contributed by atoms with Gasteiger partial charge in [0.2, 0.25) is 0 Å². The maximum Gasteiger partial charge on any atom is 0.399 e. The highest BCUT2D eigenvalue weighted by Gasteiger charge is 2.19. The molecule has 0 amide bonds. The van der Waals surface area contributed by atoms with Crippen LogP contribution in [0.4, 0.5) is 11.6 Å². The first-order valence-electron chi connectivity index (χ1n) is 9.29. The lowest BCUT2D eigenvalue weighted by molar-refractivity contribution is -0.383. The van der Waals surface area contributed by atoms with Crippen LogP contribution in [0.3, 0.4) is 0 Å². The van der Waals surface area contributed by atoms with Gasteiger partial charge in [0.15, 0.2) is 12.3 Å². The fraction of sp³-hybridized carbons (Fsp3) is 0.421. The number of aliphatic hydroxyl groups is 1. The van der Waals surface area contributed by atoms with Gasteiger partial charge in [-0.2, -0.15) is 0 Å². The van der Waals surface area contributed by atoms with E-state index in [0.29, 0.717) is 23.0 Å². The van der Waals surface area contributed by atoms with E-state index in [-0.39, 0.29) is 19.5 Å². The van der Waals surface area contributed by atoms with E-state index >= 15 is 0 Å². The molecule has 2 aromatic heterocycles. The molecule has 2 heterocycles. The number of nitrogens with zero attached hydrogens (tertiary/aromatic N) is 2. The molecule has 0 aliphatic heterocycles. The minimum absolute atomic E-state index is 0.0159. The Morgan fingerprint density at radius 3 is 3.00 bits per heavy atom. The first kappa shape index (κ1) is 17.7. The third kappa shape index (κ3) is 4.35. The van der Waals surface area contributed by atoms with Crippen molar-refractivity contribution >= 4 is 22.8 Å². The monoisotopic (exact) mass is 370 g/mol. The van der Waals surface area contributed by atoms with Crippen LogP contribution in [0.15, 0.2) is 30.6 Å². The molecule has 0 radical (unpaired) electrons. The highest BCUT2D eigenvalue weighted by molar-refractivity contribution is 5.75. The molecule has 27 heavy (non-hydrogen) atoms. The molecule has 8 nitrogen and oxygen atoms in total. The number of imidazole rings is 1. The van der Waals surface area contributed by atoms with E-state index in [1.807, 2.05) is 24.3 Å². The van der Waals surface area contributed by atoms with Gasteiger partial charge in [0, 0.05) is 0 Å². The molecule has 0 unspecified atom stereocenters. The summed E-state index contributed by atoms with van der Waals surface area (Å²) in [5.74, 6) is 1.02. The normalized spacial score (nSPS) is 15.1. The Bertz CT molecular complexity index is 892. The molecule has 4 N–H and O–H groups in total. The molecule has 8 heteroatoms. The minimum atomic E-state index is -0.0159. The van der Waals surface area contributed by atoms with Crippen LogP contribution in [0, 0.1) is 0 Å². The van der Waals surface area contributed by atoms with E-state index in [0.717, 1.165) is 24.1 Å². The summed E-state index contributed by atoms with van der Waals surface area (Å²) in [5.41, 5.74) is 2.86. The molecule has 142 valence electrons. The van der Waals surface area contributed by atoms with Gasteiger partial charge in [-0.15, -0.1) is 0 Å². The van der Waals surface area contributed by atoms with E-state index in [2.05, 4.69) is 25.3 Å². The molecule has 1 aromatic carbocycles. The number of aromatic nitrogens is 4. The van der Waals surface area contributed by atoms with Crippen LogP contribution in [-0.2, 0) is 11.3 Å². The zero-order chi connectivity index (χ0) is 18.5. The fourth-order valence-electron chi connectivity index (χ4n) is 3.32. The molecule has 3 aromatic rings. The van der Waals surface area contributed by atoms with Crippen LogP contribution in [0.1, 0.15) is 37.7 Å². The van der Waals surface area contributed by atoms with Gasteiger partial charge in [0.1, 0.15) is 0 Å². The van der Waals surface area contributed by atoms with Gasteiger partial charge in [0.25, 0.3) is 11.5 Å². The molecule has 0 spiro atoms. The Labute approximate surface area is 157 Å². The highest BCUT2D eigenvalue weighted by atomic mass is 16.7. The van der Waals surface area contributed by atoms with Crippen molar-refractivity contribution in [2.24, 2.45) is 0 Å². The Morgan fingerprint density at radius 2 is 2.15 bits per heavy atom. The second-order valence-corrected chi connectivity index (χ2v) is 6.69. The Balaban J connectivity index is 1.48. The summed E-state index contributed by atoms with van der Waals surface area (Å²) in [7, 11) is 0. The number of hydrogen-bond acceptors (Lipinski definition) is 6. The Morgan fingerprint density at radius 1 is 1.26 bits per heavy atom. The van der Waals surface area contributed by atoms with E-state index in [1.54, 1.807) is 6.33 Å². The quantitative estimate of drug-likeness (QED) is 0.552. The van der Waals surface area contributed by atoms with Gasteiger partial charge < -0.3 is 19.6 Å². The van der Waals surface area contributed by atoms with Crippen molar-refractivity contribution in [1.82, 2.24) is 15.0 Å². The standard InChI is InChI=1S/C19H23N5O3/c25-10-13-5-4-6-14(9-13)22-19-23-17-16(20-11-21-17)18(24-19)27-12-26-15-7-2-1-3-8-15/h4-6,9,11,15,25H,1-3,7-8,10,12H2,(H2,20,21,22,23,24)/p+1. The number of anilines is 2. The number of benzene rings is 1. The van der Waals surface area contributed by atoms with Crippen molar-refractivity contribution in [3.8, 4) is 5.88 Å². The second-order valence-electron chi connectivity index (χ2n) is 6.69. The number of hydrogen-bond donors (Lipinski definition) is 3. The third-order valence-electron chi connectivity index (χ3n) is 4.73. The maximum absolute atomic E-state index is 9.29. The van der Waals surface area contributed by atoms with Crippen LogP contribution in [0.25, 0.3) is 11.2 Å². The predicted molar refractivity (Wildman–Crippen MR) is 99.5 cm³/mol. The zero-order valence-electron chi connectivity index (χ0n) is 15.1. The van der Waals surface area contributed by atoms with Crippen LogP contribution in [-0.4, -0.2) is 33.0 Å². The average molecular weight is 370 g/mol. The lowest BCUT2D eigenvalue weighted by Gasteiger charge is -2.21. The molecule has 1 saturated carbocycles. The molecular formula is C19H24N5O3+. The van der Waals surface area contributed by atoms with Gasteiger partial charge in [-0.1, -0.05) is 31.4 Å². The van der Waals surface area contributed by atoms with Crippen molar-refractivity contribution < 1.29 is 19.6 Å². The van der Waals surface area contributed by atoms with E-state index in [1.165, 1.54) is 19.3 Å². The number of fused-ring (bicyclic) bond motifs is 1. The summed E-state index contributed by atoms with van der Waals surface area (Å²) in [6.07, 6.45) is 7.77. The second kappa shape index (κ2) is 8.32. The van der Waals surface area contributed by atoms with Crippen molar-refractivity contribution in [2.45, 2.75) is 44.8 Å². The minimum Gasteiger partial charge on any atom is -0.439 e. The van der Waals surface area contributed by atoms with E-state index in [4.69, 9.17) is 9.47 Å². The lowest BCUT2D eigenvalue weighted by atomic mass is 9.98. The van der Waals surface area contributed by atoms with Crippen LogP contribution < -0.4 is 15.0 Å². The van der Waals surface area contributed by atoms with Crippen LogP contribution >= 0.6 is 0 Å². The number of rotatable bonds is 7. The lowest BCUT2D eigenvalue weighted by Crippen LogP contribution is -2.22. The summed E-state index contributed by atoms with van der Waals surface area (Å²) >= 11 is 0. The average Bonchev–Trinajstić information content (AvgIpc) is 3.18. The molecule has 0 atom stereocenters. The first-order valence-corrected chi connectivity index (χ1v) is 9.29. The van der Waals surface area contributed by atoms with Gasteiger partial charge in [0.05, 0.1) is 24.7 Å². The smallest absolute Gasteiger partial charge is 0.399 e. The van der Waals surface area contributed by atoms with Crippen LogP contribution in [0.5, 0.6) is 5.88 Å². The molecular weight excluding hydrogens is 346 g/mol. The molecule has 1 fully saturated rings. The summed E-state index contributed by atoms with van der Waals surface area (Å²) in [6.45, 7) is 0.163. The van der Waals surface area contributed by atoms with Crippen molar-refractivity contribution in [2.75, 3.05) is 12.1 Å². The first-order chi connectivity index (χ1) is 13.3. The van der Waals surface area contributed by atoms with Gasteiger partial charge in [-0.3, -0.25) is 0 Å². The number of aromatic amines is 2. The summed E-state index contributed by atoms with van der Waals surface area (Å²) in [4.78, 5) is 14.9. The molecule has 0 bridgehead atoms. The molecule has 1 aliphatic carbocycles. The maximum atomic E-state index is 9.29. The fourth-order valence-corrected chi connectivity index (χ4v) is 3.32. The van der Waals surface area contributed by atoms with Crippen molar-refractivity contribution in [3.05, 3.63) is 36.2 Å². The molecule has 4 rings (SSSR count). The van der Waals surface area contributed by atoms with Crippen molar-refractivity contribution in [1.29, 1.82) is 0 Å². The highest BCUT2D eigenvalue weighted by Crippen LogP contribution is 2.22. The Kier molecular flexibility index (Phi) is 5.45. The Hall–Kier alpha value is -2.71. The number of H-pyrrole nitrogens is 2. The zero-order valence-corrected chi connectivity index (χ0v) is 15.1. The SMILES string of the molecule is OCc1cccc(Nc2nc3nc[nH]c3c(OCOC3CCCCC3)[nH+]2)c1. The van der Waals surface area contributed by atoms with Gasteiger partial charge in [-0.25, -0.2) is 15.3 Å². The van der Waals surface area contributed by atoms with E-state index in [9.17, 15) is 5.11 Å². The predicted octanol–water partition coefficient (Wildman–Crippen LogP) is 2.69. The molecule has 1 aliphatic rings. The number of ether oxygens (including phenoxy) is 2. The largest absolute Gasteiger partial charge is 0.439 e. The van der Waals surface area contributed by atoms with Crippen molar-refractivity contribution in [3.63, 3.8) is 0 Å². The number of nitrogens with one attached hydrogen (secondary N) is 3. The van der Waals surface area contributed by atoms with Crippen LogP contribution in [0.2, 0.25) is 0 Å². The van der Waals surface area contributed by atoms with E-state index < -0.39 is 0 Å². The summed E-state index contributed by atoms with van der Waals surface area (Å²) < 4.78 is 11.7. The topological polar surface area (TPSA) is 106 Å². The summed E-state index contributed by atoms with van der Waals surface area (Å²) in [5, 5.41) is 12.5. The van der Waals surface area contributed by atoms with Gasteiger partial charge in [-0.05, 0) is 35.5 Å².